The molecule has 0 bridgehead atoms. The number of thiazole rings is 1. The number of sulfonamides is 1. The van der Waals surface area contributed by atoms with Crippen LogP contribution < -0.4 is 9.46 Å². The van der Waals surface area contributed by atoms with Gasteiger partial charge in [-0.2, -0.15) is 5.26 Å². The van der Waals surface area contributed by atoms with Gasteiger partial charge in [-0.3, -0.25) is 4.72 Å². The molecule has 0 aliphatic rings. The minimum absolute atomic E-state index is 0.0384. The monoisotopic (exact) mass is 458 g/mol. The number of nitrogens with one attached hydrogen (secondary N) is 1. The second-order valence-corrected chi connectivity index (χ2v) is 8.79. The van der Waals surface area contributed by atoms with Gasteiger partial charge in [0.25, 0.3) is 10.0 Å². The summed E-state index contributed by atoms with van der Waals surface area (Å²) < 4.78 is 34.8. The largest absolute Gasteiger partial charge is 0.454 e. The summed E-state index contributed by atoms with van der Waals surface area (Å²) in [6.07, 6.45) is 4.60. The fraction of sp³-hybridized carbons (Fsp3) is 0. The zero-order valence-corrected chi connectivity index (χ0v) is 17.3. The van der Waals surface area contributed by atoms with Crippen molar-refractivity contribution in [3.8, 4) is 23.3 Å². The van der Waals surface area contributed by atoms with Crippen LogP contribution in [0.3, 0.4) is 0 Å². The molecule has 9 nitrogen and oxygen atoms in total. The smallest absolute Gasteiger partial charge is 0.263 e. The Balaban J connectivity index is 1.68. The fourth-order valence-corrected chi connectivity index (χ4v) is 4.49. The van der Waals surface area contributed by atoms with Gasteiger partial charge in [0.2, 0.25) is 0 Å². The molecule has 0 aliphatic heterocycles. The summed E-state index contributed by atoms with van der Waals surface area (Å²) in [6.45, 7) is 0. The van der Waals surface area contributed by atoms with Crippen LogP contribution in [0.25, 0.3) is 5.69 Å². The Morgan fingerprint density at radius 1 is 1.17 bits per heavy atom. The number of anilines is 1. The Morgan fingerprint density at radius 2 is 2.00 bits per heavy atom. The molecule has 4 rings (SSSR count). The number of benzene rings is 2. The van der Waals surface area contributed by atoms with Crippen molar-refractivity contribution in [2.45, 2.75) is 4.90 Å². The van der Waals surface area contributed by atoms with Crippen molar-refractivity contribution >= 4 is 38.1 Å². The maximum atomic E-state index is 12.6. The Labute approximate surface area is 180 Å². The van der Waals surface area contributed by atoms with Crippen LogP contribution in [0.1, 0.15) is 5.56 Å². The van der Waals surface area contributed by atoms with Crippen LogP contribution >= 0.6 is 22.9 Å². The summed E-state index contributed by atoms with van der Waals surface area (Å²) in [5.41, 5.74) is 0.544. The van der Waals surface area contributed by atoms with Crippen molar-refractivity contribution in [3.63, 3.8) is 0 Å². The molecule has 2 heterocycles. The molecule has 12 heteroatoms. The van der Waals surface area contributed by atoms with E-state index < -0.39 is 10.0 Å². The second kappa shape index (κ2) is 8.11. The van der Waals surface area contributed by atoms with Crippen molar-refractivity contribution in [1.82, 2.24) is 20.0 Å². The molecule has 1 N–H and O–H groups in total. The van der Waals surface area contributed by atoms with Gasteiger partial charge in [-0.25, -0.2) is 18.1 Å². The molecule has 150 valence electrons. The molecule has 30 heavy (non-hydrogen) atoms. The van der Waals surface area contributed by atoms with E-state index in [4.69, 9.17) is 16.3 Å². The van der Waals surface area contributed by atoms with Crippen molar-refractivity contribution in [2.24, 2.45) is 0 Å². The van der Waals surface area contributed by atoms with Gasteiger partial charge in [0, 0.05) is 16.6 Å². The quantitative estimate of drug-likeness (QED) is 0.465. The van der Waals surface area contributed by atoms with Gasteiger partial charge in [0.05, 0.1) is 22.9 Å². The Hall–Kier alpha value is -3.46. The Kier molecular flexibility index (Phi) is 5.37. The Bertz CT molecular complexity index is 1330. The van der Waals surface area contributed by atoms with Gasteiger partial charge in [0.1, 0.15) is 17.5 Å². The third kappa shape index (κ3) is 4.11. The van der Waals surface area contributed by atoms with Crippen LogP contribution in [0.15, 0.2) is 65.3 Å². The highest BCUT2D eigenvalue weighted by atomic mass is 35.5. The number of halogens is 1. The first-order valence-corrected chi connectivity index (χ1v) is 11.0. The highest BCUT2D eigenvalue weighted by Crippen LogP contribution is 2.33. The third-order valence-corrected chi connectivity index (χ3v) is 6.24. The third-order valence-electron chi connectivity index (χ3n) is 3.85. The molecule has 0 aliphatic carbocycles. The van der Waals surface area contributed by atoms with Gasteiger partial charge in [-0.1, -0.05) is 16.8 Å². The molecule has 0 saturated heterocycles. The molecule has 0 spiro atoms. The summed E-state index contributed by atoms with van der Waals surface area (Å²) in [6, 6.07) is 10.8. The average Bonchev–Trinajstić information content (AvgIpc) is 3.43. The number of rotatable bonds is 6. The molecule has 4 aromatic rings. The molecule has 0 saturated carbocycles. The molecule has 0 amide bonds. The maximum absolute atomic E-state index is 12.6. The lowest BCUT2D eigenvalue weighted by molar-refractivity contribution is 0.475. The standard InChI is InChI=1S/C18H11ClN6O3S2/c19-13-1-3-17(15(10-13)25-7-5-22-24-25)28-16-4-2-14(9-12(16)11-20)30(26,27)23-18-21-6-8-29-18/h1-10H,(H,21,23). The van der Waals surface area contributed by atoms with E-state index in [9.17, 15) is 13.7 Å². The molecular formula is C18H11ClN6O3S2. The van der Waals surface area contributed by atoms with Crippen LogP contribution in [-0.4, -0.2) is 28.4 Å². The number of ether oxygens (including phenoxy) is 1. The maximum Gasteiger partial charge on any atom is 0.263 e. The summed E-state index contributed by atoms with van der Waals surface area (Å²) in [5.74, 6) is 0.535. The number of nitrogens with zero attached hydrogens (tertiary/aromatic N) is 5. The van der Waals surface area contributed by atoms with Crippen molar-refractivity contribution in [2.75, 3.05) is 4.72 Å². The Morgan fingerprint density at radius 3 is 2.70 bits per heavy atom. The fourth-order valence-electron chi connectivity index (χ4n) is 2.51. The van der Waals surface area contributed by atoms with E-state index in [1.54, 1.807) is 29.8 Å². The second-order valence-electron chi connectivity index (χ2n) is 5.77. The zero-order valence-electron chi connectivity index (χ0n) is 14.9. The van der Waals surface area contributed by atoms with Crippen molar-refractivity contribution in [3.05, 3.63) is 71.0 Å². The molecule has 2 aromatic carbocycles. The molecular weight excluding hydrogens is 448 g/mol. The highest BCUT2D eigenvalue weighted by Gasteiger charge is 2.19. The van der Waals surface area contributed by atoms with Gasteiger partial charge in [0.15, 0.2) is 10.9 Å². The zero-order chi connectivity index (χ0) is 21.1. The molecule has 2 aromatic heterocycles. The van der Waals surface area contributed by atoms with E-state index in [1.807, 2.05) is 6.07 Å². The molecule has 0 unspecified atom stereocenters. The van der Waals surface area contributed by atoms with Crippen molar-refractivity contribution in [1.29, 1.82) is 5.26 Å². The van der Waals surface area contributed by atoms with E-state index in [2.05, 4.69) is 20.0 Å². The topological polar surface area (TPSA) is 123 Å². The van der Waals surface area contributed by atoms with Crippen LogP contribution in [0.2, 0.25) is 5.02 Å². The number of hydrogen-bond donors (Lipinski definition) is 1. The first-order chi connectivity index (χ1) is 14.5. The molecule has 0 radical (unpaired) electrons. The lowest BCUT2D eigenvalue weighted by Gasteiger charge is -2.13. The van der Waals surface area contributed by atoms with Gasteiger partial charge >= 0.3 is 0 Å². The first kappa shape index (κ1) is 19.8. The first-order valence-electron chi connectivity index (χ1n) is 8.27. The van der Waals surface area contributed by atoms with Gasteiger partial charge in [-0.15, -0.1) is 16.4 Å². The summed E-state index contributed by atoms with van der Waals surface area (Å²) >= 11 is 7.22. The molecule has 0 atom stereocenters. The van der Waals surface area contributed by atoms with E-state index in [0.29, 0.717) is 16.5 Å². The minimum atomic E-state index is -3.90. The molecule has 0 fully saturated rings. The lowest BCUT2D eigenvalue weighted by Crippen LogP contribution is -2.13. The normalized spacial score (nSPS) is 11.1. The van der Waals surface area contributed by atoms with Crippen LogP contribution in [0.5, 0.6) is 11.5 Å². The SMILES string of the molecule is N#Cc1cc(S(=O)(=O)Nc2nccs2)ccc1Oc1ccc(Cl)cc1-n1ccnn1. The minimum Gasteiger partial charge on any atom is -0.454 e. The lowest BCUT2D eigenvalue weighted by atomic mass is 10.2. The van der Waals surface area contributed by atoms with Crippen LogP contribution in [0, 0.1) is 11.3 Å². The van der Waals surface area contributed by atoms with E-state index in [-0.39, 0.29) is 21.3 Å². The summed E-state index contributed by atoms with van der Waals surface area (Å²) in [4.78, 5) is 3.81. The predicted molar refractivity (Wildman–Crippen MR) is 111 cm³/mol. The van der Waals surface area contributed by atoms with Crippen LogP contribution in [0.4, 0.5) is 5.13 Å². The van der Waals surface area contributed by atoms with E-state index in [1.165, 1.54) is 35.3 Å². The van der Waals surface area contributed by atoms with E-state index >= 15 is 0 Å². The van der Waals surface area contributed by atoms with Gasteiger partial charge < -0.3 is 4.74 Å². The van der Waals surface area contributed by atoms with E-state index in [0.717, 1.165) is 11.3 Å². The number of hydrogen-bond acceptors (Lipinski definition) is 8. The predicted octanol–water partition coefficient (Wildman–Crippen LogP) is 3.84. The van der Waals surface area contributed by atoms with Crippen LogP contribution in [-0.2, 0) is 10.0 Å². The van der Waals surface area contributed by atoms with Crippen molar-refractivity contribution < 1.29 is 13.2 Å². The summed E-state index contributed by atoms with van der Waals surface area (Å²) in [5, 5.41) is 19.6. The number of nitriles is 1. The average molecular weight is 459 g/mol. The highest BCUT2D eigenvalue weighted by molar-refractivity contribution is 7.93. The van der Waals surface area contributed by atoms with Gasteiger partial charge in [-0.05, 0) is 36.4 Å². The number of aromatic nitrogens is 4. The summed E-state index contributed by atoms with van der Waals surface area (Å²) in [7, 11) is -3.90.